The summed E-state index contributed by atoms with van der Waals surface area (Å²) in [7, 11) is 0. The molecule has 6 heteroatoms. The van der Waals surface area contributed by atoms with Crippen LogP contribution in [0.3, 0.4) is 0 Å². The number of nitro benzene ring substituents is 1. The van der Waals surface area contributed by atoms with Crippen molar-refractivity contribution >= 4 is 11.6 Å². The number of aryl methyl sites for hydroxylation is 2. The van der Waals surface area contributed by atoms with Crippen molar-refractivity contribution in [2.45, 2.75) is 38.6 Å². The Labute approximate surface area is 152 Å². The standard InChI is InChI=1S/C20H22N2O4/c1-14(16-7-6-15-4-2-3-5-17(15)12-16)21-20(23)13-26-19-10-8-18(9-11-19)22(24)25/h6-12,14H,2-5,13H2,1H3,(H,21,23). The van der Waals surface area contributed by atoms with Crippen molar-refractivity contribution in [2.75, 3.05) is 6.61 Å². The maximum Gasteiger partial charge on any atom is 0.269 e. The quantitative estimate of drug-likeness (QED) is 0.633. The molecular weight excluding hydrogens is 332 g/mol. The van der Waals surface area contributed by atoms with Crippen molar-refractivity contribution in [1.82, 2.24) is 5.32 Å². The highest BCUT2D eigenvalue weighted by Gasteiger charge is 2.14. The Morgan fingerprint density at radius 2 is 1.85 bits per heavy atom. The van der Waals surface area contributed by atoms with E-state index in [1.54, 1.807) is 0 Å². The summed E-state index contributed by atoms with van der Waals surface area (Å²) in [6, 6.07) is 12.0. The Morgan fingerprint density at radius 3 is 2.54 bits per heavy atom. The number of amides is 1. The number of fused-ring (bicyclic) bond motifs is 1. The van der Waals surface area contributed by atoms with E-state index in [0.29, 0.717) is 5.75 Å². The number of hydrogen-bond donors (Lipinski definition) is 1. The fourth-order valence-corrected chi connectivity index (χ4v) is 3.20. The topological polar surface area (TPSA) is 81.5 Å². The van der Waals surface area contributed by atoms with E-state index >= 15 is 0 Å². The summed E-state index contributed by atoms with van der Waals surface area (Å²) in [4.78, 5) is 22.3. The molecule has 1 unspecified atom stereocenters. The smallest absolute Gasteiger partial charge is 0.269 e. The van der Waals surface area contributed by atoms with E-state index in [1.165, 1.54) is 48.2 Å². The average Bonchev–Trinajstić information content (AvgIpc) is 2.66. The zero-order chi connectivity index (χ0) is 18.5. The van der Waals surface area contributed by atoms with Crippen LogP contribution in [0.1, 0.15) is 42.5 Å². The first-order valence-electron chi connectivity index (χ1n) is 8.81. The highest BCUT2D eigenvalue weighted by atomic mass is 16.6. The van der Waals surface area contributed by atoms with E-state index in [9.17, 15) is 14.9 Å². The summed E-state index contributed by atoms with van der Waals surface area (Å²) in [6.45, 7) is 1.82. The average molecular weight is 354 g/mol. The second kappa shape index (κ2) is 7.99. The van der Waals surface area contributed by atoms with Gasteiger partial charge in [0.1, 0.15) is 5.75 Å². The number of non-ortho nitro benzene ring substituents is 1. The predicted octanol–water partition coefficient (Wildman–Crippen LogP) is 3.73. The molecule has 1 aliphatic rings. The molecule has 1 N–H and O–H groups in total. The molecule has 0 heterocycles. The Kier molecular flexibility index (Phi) is 5.51. The zero-order valence-corrected chi connectivity index (χ0v) is 14.7. The number of benzene rings is 2. The first kappa shape index (κ1) is 17.9. The molecule has 1 amide bonds. The first-order chi connectivity index (χ1) is 12.5. The zero-order valence-electron chi connectivity index (χ0n) is 14.7. The lowest BCUT2D eigenvalue weighted by Gasteiger charge is -2.20. The molecule has 2 aromatic rings. The van der Waals surface area contributed by atoms with Crippen molar-refractivity contribution in [2.24, 2.45) is 0 Å². The molecule has 0 saturated carbocycles. The fraction of sp³-hybridized carbons (Fsp3) is 0.350. The number of hydrogen-bond acceptors (Lipinski definition) is 4. The van der Waals surface area contributed by atoms with Gasteiger partial charge in [0.05, 0.1) is 11.0 Å². The van der Waals surface area contributed by atoms with Crippen LogP contribution in [0, 0.1) is 10.1 Å². The predicted molar refractivity (Wildman–Crippen MR) is 98.2 cm³/mol. The molecule has 0 fully saturated rings. The molecule has 0 bridgehead atoms. The third-order valence-electron chi connectivity index (χ3n) is 4.67. The highest BCUT2D eigenvalue weighted by molar-refractivity contribution is 5.78. The largest absolute Gasteiger partial charge is 0.484 e. The van der Waals surface area contributed by atoms with Gasteiger partial charge in [0.2, 0.25) is 0 Å². The van der Waals surface area contributed by atoms with Crippen LogP contribution in [0.15, 0.2) is 42.5 Å². The molecule has 136 valence electrons. The van der Waals surface area contributed by atoms with Crippen molar-refractivity contribution in [3.05, 3.63) is 69.3 Å². The third kappa shape index (κ3) is 4.39. The van der Waals surface area contributed by atoms with Crippen molar-refractivity contribution in [3.63, 3.8) is 0 Å². The summed E-state index contributed by atoms with van der Waals surface area (Å²) in [5, 5.41) is 13.6. The number of nitrogens with zero attached hydrogens (tertiary/aromatic N) is 1. The second-order valence-electron chi connectivity index (χ2n) is 6.56. The minimum atomic E-state index is -0.475. The summed E-state index contributed by atoms with van der Waals surface area (Å²) in [5.74, 6) is 0.195. The van der Waals surface area contributed by atoms with E-state index in [2.05, 4.69) is 23.5 Å². The SMILES string of the molecule is CC(NC(=O)COc1ccc([N+](=O)[O-])cc1)c1ccc2c(c1)CCCC2. The van der Waals surface area contributed by atoms with Gasteiger partial charge in [-0.1, -0.05) is 18.2 Å². The summed E-state index contributed by atoms with van der Waals surface area (Å²) >= 11 is 0. The van der Waals surface area contributed by atoms with Crippen LogP contribution in [0.4, 0.5) is 5.69 Å². The van der Waals surface area contributed by atoms with Crippen molar-refractivity contribution < 1.29 is 14.5 Å². The van der Waals surface area contributed by atoms with E-state index < -0.39 is 4.92 Å². The minimum Gasteiger partial charge on any atom is -0.484 e. The number of carbonyl (C=O) groups excluding carboxylic acids is 1. The van der Waals surface area contributed by atoms with Crippen LogP contribution in [-0.2, 0) is 17.6 Å². The van der Waals surface area contributed by atoms with E-state index in [-0.39, 0.29) is 24.2 Å². The molecular formula is C20H22N2O4. The molecule has 3 rings (SSSR count). The Balaban J connectivity index is 1.53. The summed E-state index contributed by atoms with van der Waals surface area (Å²) < 4.78 is 5.40. The van der Waals surface area contributed by atoms with Gasteiger partial charge in [-0.25, -0.2) is 0 Å². The number of nitrogens with one attached hydrogen (secondary N) is 1. The molecule has 1 aliphatic carbocycles. The minimum absolute atomic E-state index is 0.0113. The molecule has 0 aromatic heterocycles. The van der Waals surface area contributed by atoms with Crippen LogP contribution >= 0.6 is 0 Å². The second-order valence-corrected chi connectivity index (χ2v) is 6.56. The van der Waals surface area contributed by atoms with Crippen LogP contribution in [0.25, 0.3) is 0 Å². The van der Waals surface area contributed by atoms with Gasteiger partial charge in [-0.15, -0.1) is 0 Å². The van der Waals surface area contributed by atoms with Gasteiger partial charge in [0, 0.05) is 12.1 Å². The van der Waals surface area contributed by atoms with Crippen LogP contribution in [0.5, 0.6) is 5.75 Å². The van der Waals surface area contributed by atoms with Gasteiger partial charge in [-0.3, -0.25) is 14.9 Å². The van der Waals surface area contributed by atoms with E-state index in [0.717, 1.165) is 18.4 Å². The number of carbonyl (C=O) groups is 1. The van der Waals surface area contributed by atoms with E-state index in [4.69, 9.17) is 4.74 Å². The molecule has 6 nitrogen and oxygen atoms in total. The van der Waals surface area contributed by atoms with Gasteiger partial charge in [-0.05, 0) is 61.4 Å². The molecule has 0 saturated heterocycles. The molecule has 0 aliphatic heterocycles. The van der Waals surface area contributed by atoms with Crippen LogP contribution in [-0.4, -0.2) is 17.4 Å². The summed E-state index contributed by atoms with van der Waals surface area (Å²) in [6.07, 6.45) is 4.71. The van der Waals surface area contributed by atoms with Crippen LogP contribution in [0.2, 0.25) is 0 Å². The van der Waals surface area contributed by atoms with Gasteiger partial charge in [0.15, 0.2) is 6.61 Å². The molecule has 0 spiro atoms. The lowest BCUT2D eigenvalue weighted by atomic mass is 9.89. The molecule has 26 heavy (non-hydrogen) atoms. The monoisotopic (exact) mass is 354 g/mol. The van der Waals surface area contributed by atoms with Gasteiger partial charge >= 0.3 is 0 Å². The molecule has 1 atom stereocenters. The van der Waals surface area contributed by atoms with Crippen LogP contribution < -0.4 is 10.1 Å². The maximum atomic E-state index is 12.1. The first-order valence-corrected chi connectivity index (χ1v) is 8.81. The number of rotatable bonds is 6. The van der Waals surface area contributed by atoms with Gasteiger partial charge in [-0.2, -0.15) is 0 Å². The third-order valence-corrected chi connectivity index (χ3v) is 4.67. The van der Waals surface area contributed by atoms with Gasteiger partial charge in [0.25, 0.3) is 11.6 Å². The Bertz CT molecular complexity index is 802. The van der Waals surface area contributed by atoms with Crippen molar-refractivity contribution in [1.29, 1.82) is 0 Å². The van der Waals surface area contributed by atoms with Gasteiger partial charge < -0.3 is 10.1 Å². The Morgan fingerprint density at radius 1 is 1.15 bits per heavy atom. The normalized spacial score (nSPS) is 14.2. The lowest BCUT2D eigenvalue weighted by molar-refractivity contribution is -0.384. The van der Waals surface area contributed by atoms with E-state index in [1.807, 2.05) is 6.92 Å². The van der Waals surface area contributed by atoms with Crippen molar-refractivity contribution in [3.8, 4) is 5.75 Å². The maximum absolute atomic E-state index is 12.1. The lowest BCUT2D eigenvalue weighted by Crippen LogP contribution is -2.31. The molecule has 0 radical (unpaired) electrons. The molecule has 2 aromatic carbocycles. The highest BCUT2D eigenvalue weighted by Crippen LogP contribution is 2.24. The Hall–Kier alpha value is -2.89. The number of ether oxygens (including phenoxy) is 1. The fourth-order valence-electron chi connectivity index (χ4n) is 3.20. The summed E-state index contributed by atoms with van der Waals surface area (Å²) in [5.41, 5.74) is 3.88. The number of nitro groups is 1.